The number of nitrogens with zero attached hydrogens (tertiary/aromatic N) is 1. The third-order valence-corrected chi connectivity index (χ3v) is 0.763. The van der Waals surface area contributed by atoms with Crippen molar-refractivity contribution >= 4 is 0 Å². The van der Waals surface area contributed by atoms with Crippen LogP contribution in [0.15, 0.2) is 24.5 Å². The van der Waals surface area contributed by atoms with Crippen LogP contribution < -0.4 is 0 Å². The first-order chi connectivity index (χ1) is 3.79. The zero-order valence-electron chi connectivity index (χ0n) is 5.18. The fourth-order valence-corrected chi connectivity index (χ4v) is 0.394. The van der Waals surface area contributed by atoms with Gasteiger partial charge in [-0.2, -0.15) is 0 Å². The van der Waals surface area contributed by atoms with Crippen molar-refractivity contribution in [3.05, 3.63) is 30.1 Å². The second-order valence-corrected chi connectivity index (χ2v) is 1.46. The highest BCUT2D eigenvalue weighted by atomic mass is 14.6. The van der Waals surface area contributed by atoms with Gasteiger partial charge in [-0.1, -0.05) is 6.07 Å². The van der Waals surface area contributed by atoms with E-state index in [4.69, 9.17) is 1.37 Å². The number of rotatable bonds is 0. The van der Waals surface area contributed by atoms with E-state index in [-0.39, 0.29) is 0 Å². The normalized spacial score (nSPS) is 10.7. The molecule has 0 radical (unpaired) electrons. The Morgan fingerprint density at radius 3 is 3.14 bits per heavy atom. The quantitative estimate of drug-likeness (QED) is 0.474. The number of aromatic nitrogens is 1. The Bertz CT molecular complexity index is 147. The summed E-state index contributed by atoms with van der Waals surface area (Å²) in [5, 5.41) is 0. The first-order valence-electron chi connectivity index (χ1n) is 2.68. The second kappa shape index (κ2) is 1.73. The predicted octanol–water partition coefficient (Wildman–Crippen LogP) is 1.39. The van der Waals surface area contributed by atoms with Crippen molar-refractivity contribution in [1.82, 2.24) is 4.98 Å². The molecular formula is C6H7N. The van der Waals surface area contributed by atoms with Gasteiger partial charge in [-0.15, -0.1) is 0 Å². The van der Waals surface area contributed by atoms with Gasteiger partial charge in [0, 0.05) is 12.4 Å². The maximum Gasteiger partial charge on any atom is 0.0840 e. The Morgan fingerprint density at radius 2 is 2.71 bits per heavy atom. The summed E-state index contributed by atoms with van der Waals surface area (Å²) in [5.41, 5.74) is 1.10. The minimum absolute atomic E-state index is 0.329. The standard InChI is InChI=1S/C6H7N/c1-6-3-2-4-7-5-6/h2-5H,1H3/i4T. The molecule has 1 heteroatoms. The molecule has 1 nitrogen and oxygen atoms in total. The third-order valence-electron chi connectivity index (χ3n) is 0.763. The van der Waals surface area contributed by atoms with Crippen LogP contribution in [-0.4, -0.2) is 4.98 Å². The maximum absolute atomic E-state index is 6.98. The fraction of sp³-hybridized carbons (Fsp3) is 0.167. The van der Waals surface area contributed by atoms with Crippen molar-refractivity contribution in [1.29, 1.82) is 0 Å². The molecule has 0 aromatic carbocycles. The van der Waals surface area contributed by atoms with Crippen LogP contribution in [0, 0.1) is 6.92 Å². The van der Waals surface area contributed by atoms with E-state index in [2.05, 4.69) is 4.98 Å². The molecule has 0 aliphatic heterocycles. The van der Waals surface area contributed by atoms with E-state index in [1.807, 2.05) is 13.0 Å². The summed E-state index contributed by atoms with van der Waals surface area (Å²) in [7, 11) is 0. The first-order valence-corrected chi connectivity index (χ1v) is 2.18. The molecular weight excluding hydrogens is 86.1 g/mol. The molecule has 0 amide bonds. The van der Waals surface area contributed by atoms with Crippen LogP contribution in [0.4, 0.5) is 0 Å². The van der Waals surface area contributed by atoms with Crippen LogP contribution in [0.3, 0.4) is 0 Å². The number of aryl methyl sites for hydroxylation is 1. The molecule has 0 fully saturated rings. The van der Waals surface area contributed by atoms with Gasteiger partial charge < -0.3 is 0 Å². The average molecular weight is 95.1 g/mol. The van der Waals surface area contributed by atoms with E-state index < -0.39 is 0 Å². The molecule has 1 rings (SSSR count). The Kier molecular flexibility index (Phi) is 0.791. The van der Waals surface area contributed by atoms with E-state index in [0.717, 1.165) is 5.56 Å². The van der Waals surface area contributed by atoms with Gasteiger partial charge in [0.15, 0.2) is 0 Å². The number of hydrogen-bond donors (Lipinski definition) is 0. The van der Waals surface area contributed by atoms with Crippen molar-refractivity contribution in [2.45, 2.75) is 6.92 Å². The van der Waals surface area contributed by atoms with E-state index in [9.17, 15) is 0 Å². The molecule has 1 heterocycles. The molecule has 0 atom stereocenters. The van der Waals surface area contributed by atoms with Crippen molar-refractivity contribution in [3.8, 4) is 0 Å². The number of hydrogen-bond acceptors (Lipinski definition) is 1. The van der Waals surface area contributed by atoms with Crippen molar-refractivity contribution in [2.75, 3.05) is 0 Å². The monoisotopic (exact) mass is 95.1 g/mol. The largest absolute Gasteiger partial charge is 0.264 e. The molecule has 0 bridgehead atoms. The highest BCUT2D eigenvalue weighted by Crippen LogP contribution is 1.88. The molecule has 7 heavy (non-hydrogen) atoms. The maximum atomic E-state index is 6.98. The highest BCUT2D eigenvalue weighted by Gasteiger charge is 1.73. The summed E-state index contributed by atoms with van der Waals surface area (Å²) in [6, 6.07) is 3.55. The Morgan fingerprint density at radius 1 is 1.86 bits per heavy atom. The van der Waals surface area contributed by atoms with Crippen LogP contribution in [0.25, 0.3) is 0 Å². The SMILES string of the molecule is [3H]c1ccc(C)cn1. The summed E-state index contributed by atoms with van der Waals surface area (Å²) in [6.45, 7) is 1.95. The van der Waals surface area contributed by atoms with Crippen molar-refractivity contribution in [3.63, 3.8) is 0 Å². The molecule has 1 aromatic rings. The van der Waals surface area contributed by atoms with Gasteiger partial charge in [0.2, 0.25) is 0 Å². The molecule has 0 saturated heterocycles. The first kappa shape index (κ1) is 3.19. The highest BCUT2D eigenvalue weighted by molar-refractivity contribution is 5.04. The lowest BCUT2D eigenvalue weighted by Crippen LogP contribution is -1.69. The summed E-state index contributed by atoms with van der Waals surface area (Å²) in [4.78, 5) is 3.75. The zero-order chi connectivity index (χ0) is 5.98. The Hall–Kier alpha value is -0.850. The van der Waals surface area contributed by atoms with Gasteiger partial charge in [-0.05, 0) is 18.6 Å². The van der Waals surface area contributed by atoms with Crippen molar-refractivity contribution in [2.24, 2.45) is 0 Å². The minimum Gasteiger partial charge on any atom is -0.264 e. The lowest BCUT2D eigenvalue weighted by molar-refractivity contribution is 1.27. The van der Waals surface area contributed by atoms with E-state index in [1.54, 1.807) is 12.3 Å². The van der Waals surface area contributed by atoms with Gasteiger partial charge in [0.1, 0.15) is 0 Å². The zero-order valence-corrected chi connectivity index (χ0v) is 4.18. The van der Waals surface area contributed by atoms with E-state index >= 15 is 0 Å². The molecule has 1 aromatic heterocycles. The molecule has 0 saturated carbocycles. The van der Waals surface area contributed by atoms with Gasteiger partial charge in [-0.25, -0.2) is 0 Å². The van der Waals surface area contributed by atoms with Crippen LogP contribution >= 0.6 is 0 Å². The van der Waals surface area contributed by atoms with E-state index in [0.29, 0.717) is 6.17 Å². The summed E-state index contributed by atoms with van der Waals surface area (Å²) in [6.07, 6.45) is 2.01. The fourth-order valence-electron chi connectivity index (χ4n) is 0.394. The molecule has 0 aliphatic carbocycles. The van der Waals surface area contributed by atoms with Gasteiger partial charge in [0.25, 0.3) is 0 Å². The van der Waals surface area contributed by atoms with Crippen LogP contribution in [0.1, 0.15) is 6.93 Å². The summed E-state index contributed by atoms with van der Waals surface area (Å²) in [5.74, 6) is 0. The number of pyridine rings is 1. The molecule has 0 aliphatic rings. The van der Waals surface area contributed by atoms with Crippen LogP contribution in [-0.2, 0) is 0 Å². The van der Waals surface area contributed by atoms with Crippen molar-refractivity contribution < 1.29 is 1.37 Å². The Balaban J connectivity index is 3.03. The lowest BCUT2D eigenvalue weighted by atomic mass is 10.3. The lowest BCUT2D eigenvalue weighted by Gasteiger charge is -1.82. The molecule has 0 unspecified atom stereocenters. The average Bonchev–Trinajstić information content (AvgIpc) is 1.77. The topological polar surface area (TPSA) is 12.9 Å². The van der Waals surface area contributed by atoms with Crippen LogP contribution in [0.5, 0.6) is 0 Å². The third kappa shape index (κ3) is 1.000. The van der Waals surface area contributed by atoms with E-state index in [1.165, 1.54) is 0 Å². The minimum atomic E-state index is 0.329. The van der Waals surface area contributed by atoms with Gasteiger partial charge >= 0.3 is 0 Å². The molecule has 36 valence electrons. The summed E-state index contributed by atoms with van der Waals surface area (Å²) < 4.78 is 6.98. The van der Waals surface area contributed by atoms with Gasteiger partial charge in [-0.3, -0.25) is 4.98 Å². The molecule has 0 spiro atoms. The smallest absolute Gasteiger partial charge is 0.0840 e. The van der Waals surface area contributed by atoms with Crippen LogP contribution in [0.2, 0.25) is 0 Å². The van der Waals surface area contributed by atoms with Gasteiger partial charge in [0.05, 0.1) is 1.37 Å². The summed E-state index contributed by atoms with van der Waals surface area (Å²) >= 11 is 0. The second-order valence-electron chi connectivity index (χ2n) is 1.46. The predicted molar refractivity (Wildman–Crippen MR) is 29.0 cm³/mol. The Labute approximate surface area is 44.4 Å². The molecule has 0 N–H and O–H groups in total.